The van der Waals surface area contributed by atoms with Crippen molar-refractivity contribution in [3.63, 3.8) is 0 Å². The summed E-state index contributed by atoms with van der Waals surface area (Å²) in [6.45, 7) is 4.06. The highest BCUT2D eigenvalue weighted by atomic mass is 16.5. The van der Waals surface area contributed by atoms with Crippen LogP contribution in [-0.4, -0.2) is 54.0 Å². The first-order chi connectivity index (χ1) is 12.6. The highest BCUT2D eigenvalue weighted by Crippen LogP contribution is 2.45. The highest BCUT2D eigenvalue weighted by Gasteiger charge is 2.46. The first-order valence-electron chi connectivity index (χ1n) is 9.92. The van der Waals surface area contributed by atoms with Crippen LogP contribution in [0.25, 0.3) is 0 Å². The number of hydrogen-bond acceptors (Lipinski definition) is 7. The zero-order chi connectivity index (χ0) is 17.7. The number of nitrogens with one attached hydrogen (secondary N) is 2. The molecule has 4 unspecified atom stereocenters. The molecule has 1 aromatic rings. The molecule has 5 rings (SSSR count). The van der Waals surface area contributed by atoms with E-state index in [2.05, 4.69) is 38.7 Å². The van der Waals surface area contributed by atoms with Crippen LogP contribution < -0.4 is 15.8 Å². The molecule has 2 aliphatic heterocycles. The number of fused-ring (bicyclic) bond motifs is 1. The number of anilines is 1. The molecule has 0 aromatic carbocycles. The molecule has 4 fully saturated rings. The second-order valence-corrected chi connectivity index (χ2v) is 8.60. The lowest BCUT2D eigenvalue weighted by atomic mass is 9.79. The van der Waals surface area contributed by atoms with Crippen molar-refractivity contribution in [3.05, 3.63) is 18.1 Å². The number of methoxy groups -OCH3 is 1. The Morgan fingerprint density at radius 2 is 2.00 bits per heavy atom. The summed E-state index contributed by atoms with van der Waals surface area (Å²) >= 11 is 0. The molecule has 2 N–H and O–H groups in total. The predicted octanol–water partition coefficient (Wildman–Crippen LogP) is 1.57. The van der Waals surface area contributed by atoms with Crippen molar-refractivity contribution in [2.24, 2.45) is 5.92 Å². The third kappa shape index (κ3) is 3.11. The molecular weight excluding hydrogens is 330 g/mol. The molecule has 2 saturated heterocycles. The Bertz CT molecular complexity index is 661. The van der Waals surface area contributed by atoms with Crippen LogP contribution >= 0.6 is 0 Å². The van der Waals surface area contributed by atoms with Gasteiger partial charge < -0.3 is 14.4 Å². The number of aromatic nitrogens is 2. The van der Waals surface area contributed by atoms with Gasteiger partial charge in [0.15, 0.2) is 0 Å². The number of hydrazine groups is 1. The third-order valence-corrected chi connectivity index (χ3v) is 6.61. The van der Waals surface area contributed by atoms with Crippen LogP contribution in [0.15, 0.2) is 12.4 Å². The summed E-state index contributed by atoms with van der Waals surface area (Å²) in [4.78, 5) is 11.3. The Labute approximate surface area is 154 Å². The molecule has 4 aliphatic rings. The summed E-state index contributed by atoms with van der Waals surface area (Å²) in [6.07, 6.45) is 8.24. The molecule has 142 valence electrons. The molecule has 2 aliphatic carbocycles. The number of nitrogens with zero attached hydrogens (tertiary/aromatic N) is 3. The lowest BCUT2D eigenvalue weighted by molar-refractivity contribution is -0.0500. The molecule has 0 radical (unpaired) electrons. The molecule has 0 amide bonds. The van der Waals surface area contributed by atoms with Crippen LogP contribution in [0.3, 0.4) is 0 Å². The summed E-state index contributed by atoms with van der Waals surface area (Å²) < 4.78 is 11.8. The average Bonchev–Trinajstić information content (AvgIpc) is 3.17. The molecule has 7 nitrogen and oxygen atoms in total. The van der Waals surface area contributed by atoms with E-state index in [1.165, 1.54) is 12.8 Å². The molecular formula is C19H29N5O2. The van der Waals surface area contributed by atoms with Gasteiger partial charge in [-0.15, -0.1) is 0 Å². The minimum atomic E-state index is 0.157. The van der Waals surface area contributed by atoms with Gasteiger partial charge in [-0.2, -0.15) is 0 Å². The van der Waals surface area contributed by atoms with Gasteiger partial charge >= 0.3 is 0 Å². The molecule has 2 saturated carbocycles. The fraction of sp³-hybridized carbons (Fsp3) is 0.789. The Morgan fingerprint density at radius 1 is 1.15 bits per heavy atom. The van der Waals surface area contributed by atoms with E-state index in [9.17, 15) is 0 Å². The Kier molecular flexibility index (Phi) is 4.15. The fourth-order valence-electron chi connectivity index (χ4n) is 4.59. The van der Waals surface area contributed by atoms with Gasteiger partial charge in [0.05, 0.1) is 29.5 Å². The van der Waals surface area contributed by atoms with E-state index in [4.69, 9.17) is 9.47 Å². The van der Waals surface area contributed by atoms with Crippen molar-refractivity contribution in [3.8, 4) is 0 Å². The molecule has 0 spiro atoms. The van der Waals surface area contributed by atoms with Gasteiger partial charge in [0.1, 0.15) is 12.1 Å². The van der Waals surface area contributed by atoms with Crippen LogP contribution in [0.2, 0.25) is 0 Å². The van der Waals surface area contributed by atoms with E-state index in [0.29, 0.717) is 24.2 Å². The quantitative estimate of drug-likeness (QED) is 0.827. The first kappa shape index (κ1) is 16.9. The van der Waals surface area contributed by atoms with E-state index >= 15 is 0 Å². The second kappa shape index (κ2) is 6.41. The third-order valence-electron chi connectivity index (χ3n) is 6.61. The van der Waals surface area contributed by atoms with E-state index in [1.54, 1.807) is 13.4 Å². The minimum absolute atomic E-state index is 0.157. The monoisotopic (exact) mass is 359 g/mol. The van der Waals surface area contributed by atoms with Gasteiger partial charge in [-0.25, -0.2) is 15.4 Å². The van der Waals surface area contributed by atoms with Gasteiger partial charge in [-0.05, 0) is 39.0 Å². The SMILES string of the molecule is COC1CN(c2cc(C3NNC4CCC(OC5(C)CC5)CC43)ncn2)C1. The normalized spacial score (nSPS) is 35.8. The molecule has 7 heteroatoms. The highest BCUT2D eigenvalue weighted by molar-refractivity contribution is 5.43. The Hall–Kier alpha value is -1.28. The van der Waals surface area contributed by atoms with Crippen molar-refractivity contribution < 1.29 is 9.47 Å². The van der Waals surface area contributed by atoms with E-state index in [0.717, 1.165) is 43.9 Å². The molecule has 26 heavy (non-hydrogen) atoms. The van der Waals surface area contributed by atoms with Gasteiger partial charge in [0.25, 0.3) is 0 Å². The summed E-state index contributed by atoms with van der Waals surface area (Å²) in [5.41, 5.74) is 8.23. The van der Waals surface area contributed by atoms with Gasteiger partial charge in [-0.3, -0.25) is 5.43 Å². The van der Waals surface area contributed by atoms with Crippen LogP contribution in [0.5, 0.6) is 0 Å². The first-order valence-corrected chi connectivity index (χ1v) is 9.92. The minimum Gasteiger partial charge on any atom is -0.378 e. The summed E-state index contributed by atoms with van der Waals surface area (Å²) in [5.74, 6) is 1.52. The maximum Gasteiger partial charge on any atom is 0.132 e. The molecule has 0 bridgehead atoms. The summed E-state index contributed by atoms with van der Waals surface area (Å²) in [5, 5.41) is 0. The zero-order valence-electron chi connectivity index (χ0n) is 15.6. The van der Waals surface area contributed by atoms with Crippen molar-refractivity contribution in [2.75, 3.05) is 25.1 Å². The fourth-order valence-corrected chi connectivity index (χ4v) is 4.59. The predicted molar refractivity (Wildman–Crippen MR) is 97.7 cm³/mol. The maximum atomic E-state index is 6.38. The standard InChI is InChI=1S/C19H29N5O2/c1-19(5-6-19)26-12-3-4-15-14(7-12)18(23-22-15)16-8-17(21-11-20-16)24-9-13(10-24)25-2/h8,11-15,18,22-23H,3-7,9-10H2,1-2H3. The van der Waals surface area contributed by atoms with Gasteiger partial charge in [-0.1, -0.05) is 0 Å². The van der Waals surface area contributed by atoms with E-state index in [1.807, 2.05) is 0 Å². The smallest absolute Gasteiger partial charge is 0.132 e. The van der Waals surface area contributed by atoms with Crippen LogP contribution in [0.4, 0.5) is 5.82 Å². The summed E-state index contributed by atoms with van der Waals surface area (Å²) in [6, 6.07) is 2.87. The average molecular weight is 359 g/mol. The second-order valence-electron chi connectivity index (χ2n) is 8.60. The topological polar surface area (TPSA) is 71.5 Å². The molecule has 1 aromatic heterocycles. The van der Waals surface area contributed by atoms with Crippen molar-refractivity contribution in [1.82, 2.24) is 20.8 Å². The zero-order valence-corrected chi connectivity index (χ0v) is 15.6. The van der Waals surface area contributed by atoms with Gasteiger partial charge in [0.2, 0.25) is 0 Å². The number of rotatable bonds is 5. The molecule has 4 atom stereocenters. The Morgan fingerprint density at radius 3 is 2.77 bits per heavy atom. The van der Waals surface area contributed by atoms with Crippen LogP contribution in [-0.2, 0) is 9.47 Å². The van der Waals surface area contributed by atoms with Crippen molar-refractivity contribution in [1.29, 1.82) is 0 Å². The van der Waals surface area contributed by atoms with Crippen LogP contribution in [0, 0.1) is 5.92 Å². The van der Waals surface area contributed by atoms with Crippen LogP contribution in [0.1, 0.15) is 50.8 Å². The number of hydrogen-bond donors (Lipinski definition) is 2. The van der Waals surface area contributed by atoms with E-state index < -0.39 is 0 Å². The maximum absolute atomic E-state index is 6.38. The lowest BCUT2D eigenvalue weighted by Gasteiger charge is -2.39. The van der Waals surface area contributed by atoms with Crippen molar-refractivity contribution >= 4 is 5.82 Å². The Balaban J connectivity index is 1.29. The van der Waals surface area contributed by atoms with Crippen molar-refractivity contribution in [2.45, 2.75) is 68.9 Å². The lowest BCUT2D eigenvalue weighted by Crippen LogP contribution is -2.52. The largest absolute Gasteiger partial charge is 0.378 e. The summed E-state index contributed by atoms with van der Waals surface area (Å²) in [7, 11) is 1.77. The number of ether oxygens (including phenoxy) is 2. The van der Waals surface area contributed by atoms with E-state index in [-0.39, 0.29) is 11.6 Å². The molecule has 3 heterocycles. The van der Waals surface area contributed by atoms with Gasteiger partial charge in [0, 0.05) is 38.2 Å².